The number of nitrogens with zero attached hydrogens (tertiary/aromatic N) is 3. The number of hydrogen-bond acceptors (Lipinski definition) is 6. The van der Waals surface area contributed by atoms with E-state index in [0.29, 0.717) is 42.4 Å². The molecular weight excluding hydrogens is 337 g/mol. The Morgan fingerprint density at radius 1 is 1.29 bits per heavy atom. The molecule has 0 aliphatic heterocycles. The summed E-state index contributed by atoms with van der Waals surface area (Å²) in [6, 6.07) is 5.87. The van der Waals surface area contributed by atoms with E-state index in [9.17, 15) is 9.18 Å². The van der Waals surface area contributed by atoms with Crippen LogP contribution in [0, 0.1) is 5.82 Å². The topological polar surface area (TPSA) is 96.7 Å². The average Bonchev–Trinajstić information content (AvgIpc) is 3.05. The second-order valence-electron chi connectivity index (χ2n) is 4.98. The van der Waals surface area contributed by atoms with Crippen LogP contribution in [0.25, 0.3) is 11.4 Å². The number of rotatable bonds is 6. The maximum atomic E-state index is 12.9. The van der Waals surface area contributed by atoms with Crippen molar-refractivity contribution in [1.29, 1.82) is 0 Å². The summed E-state index contributed by atoms with van der Waals surface area (Å²) in [6.45, 7) is 0.555. The molecule has 9 heteroatoms. The summed E-state index contributed by atoms with van der Waals surface area (Å²) in [6.07, 6.45) is 2.69. The number of benzene rings is 1. The second-order valence-corrected chi connectivity index (χ2v) is 5.35. The van der Waals surface area contributed by atoms with Crippen LogP contribution in [0.15, 0.2) is 39.8 Å². The number of H-pyrrole nitrogens is 1. The summed E-state index contributed by atoms with van der Waals surface area (Å²) in [7, 11) is 0. The summed E-state index contributed by atoms with van der Waals surface area (Å²) in [5.41, 5.74) is 0.714. The molecule has 0 unspecified atom stereocenters. The lowest BCUT2D eigenvalue weighted by Crippen LogP contribution is -2.12. The Morgan fingerprint density at radius 3 is 2.88 bits per heavy atom. The van der Waals surface area contributed by atoms with Gasteiger partial charge >= 0.3 is 0 Å². The molecule has 0 amide bonds. The van der Waals surface area contributed by atoms with E-state index in [0.717, 1.165) is 0 Å². The van der Waals surface area contributed by atoms with Crippen LogP contribution in [0.1, 0.15) is 12.3 Å². The van der Waals surface area contributed by atoms with Gasteiger partial charge in [0.25, 0.3) is 5.56 Å². The lowest BCUT2D eigenvalue weighted by atomic mass is 10.2. The first-order chi connectivity index (χ1) is 11.6. The fourth-order valence-electron chi connectivity index (χ4n) is 2.04. The smallest absolute Gasteiger partial charge is 0.285 e. The maximum Gasteiger partial charge on any atom is 0.285 e. The van der Waals surface area contributed by atoms with Gasteiger partial charge < -0.3 is 9.84 Å². The average molecular weight is 350 g/mol. The molecule has 1 aromatic carbocycles. The normalized spacial score (nSPS) is 10.8. The second kappa shape index (κ2) is 7.22. The Kier molecular flexibility index (Phi) is 4.85. The standard InChI is InChI=1S/C15H13ClFN5O2/c16-13-11(8-19-21-15(13)23)18-7-1-2-12-20-14(22-24-12)9-3-5-10(17)6-4-9/h3-6,8H,1-2,7H2,(H2,18,21,23). The molecule has 0 aliphatic rings. The Hall–Kier alpha value is -2.74. The minimum atomic E-state index is -0.442. The Morgan fingerprint density at radius 2 is 2.08 bits per heavy atom. The lowest BCUT2D eigenvalue weighted by molar-refractivity contribution is 0.377. The first kappa shape index (κ1) is 16.1. The maximum absolute atomic E-state index is 12.9. The summed E-state index contributed by atoms with van der Waals surface area (Å²) >= 11 is 5.86. The number of aryl methyl sites for hydroxylation is 1. The van der Waals surface area contributed by atoms with E-state index in [-0.39, 0.29) is 10.8 Å². The Bertz CT molecular complexity index is 878. The molecule has 2 heterocycles. The Labute approximate surface area is 140 Å². The Balaban J connectivity index is 1.53. The van der Waals surface area contributed by atoms with Crippen molar-refractivity contribution in [3.63, 3.8) is 0 Å². The van der Waals surface area contributed by atoms with Crippen molar-refractivity contribution in [2.24, 2.45) is 0 Å². The molecule has 3 rings (SSSR count). The molecule has 0 bridgehead atoms. The largest absolute Gasteiger partial charge is 0.382 e. The van der Waals surface area contributed by atoms with Crippen molar-refractivity contribution in [3.8, 4) is 11.4 Å². The number of hydrogen-bond donors (Lipinski definition) is 2. The highest BCUT2D eigenvalue weighted by molar-refractivity contribution is 6.32. The first-order valence-corrected chi connectivity index (χ1v) is 7.57. The predicted octanol–water partition coefficient (Wildman–Crippen LogP) is 2.66. The van der Waals surface area contributed by atoms with Gasteiger partial charge in [-0.15, -0.1) is 0 Å². The van der Waals surface area contributed by atoms with Crippen molar-refractivity contribution in [3.05, 3.63) is 57.5 Å². The van der Waals surface area contributed by atoms with Crippen LogP contribution in [-0.4, -0.2) is 26.9 Å². The third-order valence-corrected chi connectivity index (χ3v) is 3.62. The van der Waals surface area contributed by atoms with E-state index >= 15 is 0 Å². The molecule has 0 radical (unpaired) electrons. The highest BCUT2D eigenvalue weighted by Gasteiger charge is 2.09. The quantitative estimate of drug-likeness (QED) is 0.664. The number of nitrogens with one attached hydrogen (secondary N) is 2. The van der Waals surface area contributed by atoms with Crippen molar-refractivity contribution in [2.45, 2.75) is 12.8 Å². The van der Waals surface area contributed by atoms with E-state index in [4.69, 9.17) is 16.1 Å². The van der Waals surface area contributed by atoms with E-state index < -0.39 is 5.56 Å². The SMILES string of the molecule is O=c1[nH]ncc(NCCCc2nc(-c3ccc(F)cc3)no2)c1Cl. The molecule has 7 nitrogen and oxygen atoms in total. The molecule has 0 atom stereocenters. The minimum Gasteiger partial charge on any atom is -0.382 e. The van der Waals surface area contributed by atoms with Crippen LogP contribution in [0.5, 0.6) is 0 Å². The fraction of sp³-hybridized carbons (Fsp3) is 0.200. The zero-order chi connectivity index (χ0) is 16.9. The molecule has 0 spiro atoms. The highest BCUT2D eigenvalue weighted by atomic mass is 35.5. The van der Waals surface area contributed by atoms with Gasteiger partial charge in [-0.3, -0.25) is 4.79 Å². The molecule has 0 aliphatic carbocycles. The third kappa shape index (κ3) is 3.77. The van der Waals surface area contributed by atoms with Gasteiger partial charge in [-0.25, -0.2) is 9.49 Å². The van der Waals surface area contributed by atoms with Gasteiger partial charge in [-0.2, -0.15) is 10.1 Å². The van der Waals surface area contributed by atoms with Crippen molar-refractivity contribution >= 4 is 17.3 Å². The molecule has 124 valence electrons. The number of halogens is 2. The summed E-state index contributed by atoms with van der Waals surface area (Å²) in [4.78, 5) is 15.6. The molecule has 2 N–H and O–H groups in total. The van der Waals surface area contributed by atoms with Gasteiger partial charge in [-0.1, -0.05) is 16.8 Å². The van der Waals surface area contributed by atoms with Gasteiger partial charge in [0, 0.05) is 18.5 Å². The molecule has 0 saturated carbocycles. The van der Waals surface area contributed by atoms with Crippen molar-refractivity contribution < 1.29 is 8.91 Å². The van der Waals surface area contributed by atoms with Crippen LogP contribution in [0.3, 0.4) is 0 Å². The van der Waals surface area contributed by atoms with E-state index in [1.807, 2.05) is 0 Å². The molecule has 0 fully saturated rings. The predicted molar refractivity (Wildman–Crippen MR) is 86.4 cm³/mol. The molecule has 2 aromatic heterocycles. The van der Waals surface area contributed by atoms with Crippen LogP contribution in [-0.2, 0) is 6.42 Å². The van der Waals surface area contributed by atoms with E-state index in [2.05, 4.69) is 25.7 Å². The number of aromatic amines is 1. The van der Waals surface area contributed by atoms with E-state index in [1.54, 1.807) is 12.1 Å². The number of aromatic nitrogens is 4. The van der Waals surface area contributed by atoms with Crippen LogP contribution in [0.2, 0.25) is 5.02 Å². The highest BCUT2D eigenvalue weighted by Crippen LogP contribution is 2.17. The van der Waals surface area contributed by atoms with Crippen LogP contribution >= 0.6 is 11.6 Å². The molecule has 0 saturated heterocycles. The molecule has 24 heavy (non-hydrogen) atoms. The van der Waals surface area contributed by atoms with Crippen molar-refractivity contribution in [2.75, 3.05) is 11.9 Å². The van der Waals surface area contributed by atoms with Gasteiger partial charge in [-0.05, 0) is 30.7 Å². The van der Waals surface area contributed by atoms with Gasteiger partial charge in [0.15, 0.2) is 0 Å². The molecular formula is C15H13ClFN5O2. The summed E-state index contributed by atoms with van der Waals surface area (Å²) in [5, 5.41) is 12.9. The van der Waals surface area contributed by atoms with Gasteiger partial charge in [0.05, 0.1) is 11.9 Å². The van der Waals surface area contributed by atoms with Crippen LogP contribution < -0.4 is 10.9 Å². The number of anilines is 1. The lowest BCUT2D eigenvalue weighted by Gasteiger charge is -2.05. The van der Waals surface area contributed by atoms with E-state index in [1.165, 1.54) is 18.3 Å². The van der Waals surface area contributed by atoms with Gasteiger partial charge in [0.2, 0.25) is 11.7 Å². The zero-order valence-corrected chi connectivity index (χ0v) is 13.2. The first-order valence-electron chi connectivity index (χ1n) is 7.19. The van der Waals surface area contributed by atoms with Crippen molar-refractivity contribution in [1.82, 2.24) is 20.3 Å². The fourth-order valence-corrected chi connectivity index (χ4v) is 2.20. The zero-order valence-electron chi connectivity index (χ0n) is 12.4. The summed E-state index contributed by atoms with van der Waals surface area (Å²) in [5.74, 6) is 0.576. The third-order valence-electron chi connectivity index (χ3n) is 3.25. The van der Waals surface area contributed by atoms with Gasteiger partial charge in [0.1, 0.15) is 10.8 Å². The monoisotopic (exact) mass is 349 g/mol. The minimum absolute atomic E-state index is 0.0707. The molecule has 3 aromatic rings. The summed E-state index contributed by atoms with van der Waals surface area (Å²) < 4.78 is 18.1. The van der Waals surface area contributed by atoms with Crippen LogP contribution in [0.4, 0.5) is 10.1 Å².